The molecule has 328 valence electrons. The quantitative estimate of drug-likeness (QED) is 0.105. The second kappa shape index (κ2) is 20.4. The van der Waals surface area contributed by atoms with Crippen molar-refractivity contribution < 1.29 is 38.7 Å². The zero-order valence-corrected chi connectivity index (χ0v) is 37.5. The molecule has 0 amide bonds. The molecule has 0 atom stereocenters. The number of hydrogen-bond acceptors (Lipinski definition) is 6. The number of benzene rings is 6. The highest BCUT2D eigenvalue weighted by Gasteiger charge is 2.22. The lowest BCUT2D eigenvalue weighted by Crippen LogP contribution is -2.03. The number of carbonyl (C=O) groups is 2. The van der Waals surface area contributed by atoms with Crippen molar-refractivity contribution in [3.63, 3.8) is 0 Å². The summed E-state index contributed by atoms with van der Waals surface area (Å²) in [7, 11) is 6.74. The van der Waals surface area contributed by atoms with Crippen LogP contribution in [0.4, 0.5) is 0 Å². The SMILES string of the molecule is COc1ccc(OC)c(C=C2CCc3cccc(CCc4ccc(C(=O)O)c(C)c4)c32)c1.COc1ccc(OC)c(CC2=CCc3cccc(CCc4ccc(C(=O)O)c(C)c4)c32)c1. The van der Waals surface area contributed by atoms with Crippen LogP contribution in [-0.4, -0.2) is 50.6 Å². The number of fused-ring (bicyclic) bond motifs is 2. The van der Waals surface area contributed by atoms with Crippen LogP contribution in [0.2, 0.25) is 0 Å². The summed E-state index contributed by atoms with van der Waals surface area (Å²) in [5, 5.41) is 18.5. The van der Waals surface area contributed by atoms with Crippen molar-refractivity contribution >= 4 is 29.2 Å². The Hall–Kier alpha value is -7.06. The molecule has 0 radical (unpaired) electrons. The fourth-order valence-corrected chi connectivity index (χ4v) is 9.13. The summed E-state index contributed by atoms with van der Waals surface area (Å²) in [4.78, 5) is 22.6. The van der Waals surface area contributed by atoms with Gasteiger partial charge < -0.3 is 29.2 Å². The maximum Gasteiger partial charge on any atom is 0.335 e. The van der Waals surface area contributed by atoms with Gasteiger partial charge in [-0.2, -0.15) is 0 Å². The van der Waals surface area contributed by atoms with Crippen molar-refractivity contribution in [3.05, 3.63) is 193 Å². The number of hydrogen-bond donors (Lipinski definition) is 2. The molecular weight excluding hydrogens is 801 g/mol. The third-order valence-corrected chi connectivity index (χ3v) is 12.4. The van der Waals surface area contributed by atoms with Crippen LogP contribution in [0.5, 0.6) is 23.0 Å². The summed E-state index contributed by atoms with van der Waals surface area (Å²) in [5.41, 5.74) is 17.5. The average molecular weight is 857 g/mol. The molecule has 8 rings (SSSR count). The number of aryl methyl sites for hydroxylation is 7. The molecule has 0 fully saturated rings. The topological polar surface area (TPSA) is 112 Å². The van der Waals surface area contributed by atoms with E-state index in [0.29, 0.717) is 11.1 Å². The molecular formula is C56H56O8. The van der Waals surface area contributed by atoms with Gasteiger partial charge in [0.05, 0.1) is 39.6 Å². The van der Waals surface area contributed by atoms with Gasteiger partial charge in [-0.1, -0.05) is 66.7 Å². The molecule has 0 saturated carbocycles. The molecule has 8 heteroatoms. The third kappa shape index (κ3) is 10.2. The van der Waals surface area contributed by atoms with Crippen LogP contribution in [0, 0.1) is 13.8 Å². The Morgan fingerprint density at radius 1 is 0.562 bits per heavy atom. The van der Waals surface area contributed by atoms with E-state index >= 15 is 0 Å². The van der Waals surface area contributed by atoms with E-state index in [9.17, 15) is 19.8 Å². The van der Waals surface area contributed by atoms with Gasteiger partial charge in [-0.05, 0) is 180 Å². The molecule has 0 heterocycles. The molecule has 64 heavy (non-hydrogen) atoms. The smallest absolute Gasteiger partial charge is 0.335 e. The Labute approximate surface area is 376 Å². The van der Waals surface area contributed by atoms with Gasteiger partial charge in [0, 0.05) is 17.5 Å². The van der Waals surface area contributed by atoms with Gasteiger partial charge in [-0.3, -0.25) is 0 Å². The van der Waals surface area contributed by atoms with Crippen molar-refractivity contribution in [1.82, 2.24) is 0 Å². The van der Waals surface area contributed by atoms with Gasteiger partial charge >= 0.3 is 11.9 Å². The molecule has 2 N–H and O–H groups in total. The lowest BCUT2D eigenvalue weighted by molar-refractivity contribution is 0.0685. The predicted molar refractivity (Wildman–Crippen MR) is 255 cm³/mol. The van der Waals surface area contributed by atoms with Crippen molar-refractivity contribution in [2.45, 2.75) is 65.2 Å². The standard InChI is InChI=1S/2C28H28O4/c2*1-18-15-19(8-13-25(18)28(29)30)7-9-20-5-4-6-21-10-11-22(27(20)21)16-23-17-24(31-2)12-14-26(23)32-3/h4-6,8,12-17H,7,9-11H2,1-3H3,(H,29,30);4-6,8,11-15,17H,7,9-10,16H2,1-3H3,(H,29,30). The second-order valence-electron chi connectivity index (χ2n) is 16.4. The van der Waals surface area contributed by atoms with E-state index in [-0.39, 0.29) is 0 Å². The van der Waals surface area contributed by atoms with E-state index in [0.717, 1.165) is 108 Å². The maximum atomic E-state index is 11.3. The zero-order chi connectivity index (χ0) is 45.3. The second-order valence-corrected chi connectivity index (χ2v) is 16.4. The maximum absolute atomic E-state index is 11.3. The van der Waals surface area contributed by atoms with Crippen LogP contribution in [0.1, 0.15) is 93.9 Å². The van der Waals surface area contributed by atoms with Gasteiger partial charge in [-0.15, -0.1) is 0 Å². The van der Waals surface area contributed by atoms with Crippen LogP contribution < -0.4 is 18.9 Å². The fraction of sp³-hybridized carbons (Fsp3) is 0.250. The van der Waals surface area contributed by atoms with Crippen molar-refractivity contribution in [1.29, 1.82) is 0 Å². The summed E-state index contributed by atoms with van der Waals surface area (Å²) in [6, 6.07) is 36.2. The van der Waals surface area contributed by atoms with Crippen LogP contribution >= 0.6 is 0 Å². The van der Waals surface area contributed by atoms with E-state index in [1.807, 2.05) is 74.5 Å². The highest BCUT2D eigenvalue weighted by Crippen LogP contribution is 2.39. The molecule has 2 aliphatic carbocycles. The summed E-state index contributed by atoms with van der Waals surface area (Å²) >= 11 is 0. The number of carboxylic acids is 2. The van der Waals surface area contributed by atoms with Gasteiger partial charge in [0.1, 0.15) is 23.0 Å². The monoisotopic (exact) mass is 856 g/mol. The van der Waals surface area contributed by atoms with Crippen molar-refractivity contribution in [2.75, 3.05) is 28.4 Å². The highest BCUT2D eigenvalue weighted by atomic mass is 16.5. The predicted octanol–water partition coefficient (Wildman–Crippen LogP) is 11.7. The van der Waals surface area contributed by atoms with Crippen molar-refractivity contribution in [2.24, 2.45) is 0 Å². The lowest BCUT2D eigenvalue weighted by Gasteiger charge is -2.15. The highest BCUT2D eigenvalue weighted by molar-refractivity contribution is 5.90. The molecule has 0 aliphatic heterocycles. The Kier molecular flexibility index (Phi) is 14.3. The van der Waals surface area contributed by atoms with Crippen molar-refractivity contribution in [3.8, 4) is 23.0 Å². The molecule has 6 aromatic carbocycles. The molecule has 0 aromatic heterocycles. The number of carboxylic acid groups (broad SMARTS) is 2. The Morgan fingerprint density at radius 2 is 1.12 bits per heavy atom. The van der Waals surface area contributed by atoms with Gasteiger partial charge in [-0.25, -0.2) is 9.59 Å². The summed E-state index contributed by atoms with van der Waals surface area (Å²) < 4.78 is 22.0. The number of ether oxygens (including phenoxy) is 4. The zero-order valence-electron chi connectivity index (χ0n) is 37.5. The summed E-state index contributed by atoms with van der Waals surface area (Å²) in [6.07, 6.45) is 11.9. The number of rotatable bonds is 15. The number of aromatic carboxylic acids is 2. The van der Waals surface area contributed by atoms with Crippen LogP contribution in [0.25, 0.3) is 17.2 Å². The largest absolute Gasteiger partial charge is 0.497 e. The summed E-state index contributed by atoms with van der Waals surface area (Å²) in [6.45, 7) is 3.71. The first-order valence-corrected chi connectivity index (χ1v) is 21.7. The van der Waals surface area contributed by atoms with Crippen LogP contribution in [0.15, 0.2) is 115 Å². The number of methoxy groups -OCH3 is 4. The molecule has 0 unspecified atom stereocenters. The van der Waals surface area contributed by atoms with E-state index in [1.165, 1.54) is 44.5 Å². The number of allylic oxidation sites excluding steroid dienone is 3. The first-order valence-electron chi connectivity index (χ1n) is 21.7. The fourth-order valence-electron chi connectivity index (χ4n) is 9.13. The third-order valence-electron chi connectivity index (χ3n) is 12.4. The van der Waals surface area contributed by atoms with Crippen LogP contribution in [0.3, 0.4) is 0 Å². The molecule has 0 saturated heterocycles. The van der Waals surface area contributed by atoms with Gasteiger partial charge in [0.25, 0.3) is 0 Å². The first-order chi connectivity index (χ1) is 31.0. The first kappa shape index (κ1) is 45.0. The van der Waals surface area contributed by atoms with E-state index in [1.54, 1.807) is 40.6 Å². The van der Waals surface area contributed by atoms with E-state index < -0.39 is 11.9 Å². The Balaban J connectivity index is 0.000000191. The minimum absolute atomic E-state index is 0.367. The summed E-state index contributed by atoms with van der Waals surface area (Å²) in [5.74, 6) is 1.58. The Bertz CT molecular complexity index is 2760. The van der Waals surface area contributed by atoms with Gasteiger partial charge in [0.15, 0.2) is 0 Å². The average Bonchev–Trinajstić information content (AvgIpc) is 3.92. The Morgan fingerprint density at radius 3 is 1.69 bits per heavy atom. The lowest BCUT2D eigenvalue weighted by atomic mass is 9.91. The molecule has 8 nitrogen and oxygen atoms in total. The normalized spacial score (nSPS) is 13.0. The molecule has 0 bridgehead atoms. The molecule has 2 aliphatic rings. The molecule has 0 spiro atoms. The minimum atomic E-state index is -0.877. The van der Waals surface area contributed by atoms with E-state index in [4.69, 9.17) is 18.9 Å². The minimum Gasteiger partial charge on any atom is -0.497 e. The van der Waals surface area contributed by atoms with Gasteiger partial charge in [0.2, 0.25) is 0 Å². The van der Waals surface area contributed by atoms with E-state index in [2.05, 4.69) is 48.6 Å². The van der Waals surface area contributed by atoms with Crippen LogP contribution in [-0.2, 0) is 44.9 Å². The molecule has 6 aromatic rings.